The molecule has 29 heavy (non-hydrogen) atoms. The zero-order valence-corrected chi connectivity index (χ0v) is 16.6. The van der Waals surface area contributed by atoms with Crippen LogP contribution in [0, 0.1) is 12.7 Å². The van der Waals surface area contributed by atoms with Crippen LogP contribution in [0.15, 0.2) is 30.3 Å². The molecule has 0 heterocycles. The SMILES string of the molecule is Cc1cc(F)ccc1Oc1cc(C2CC2)c(C(F)(F)F)cc1C(=O)OC(C)(C)C. The summed E-state index contributed by atoms with van der Waals surface area (Å²) in [7, 11) is 0. The maximum Gasteiger partial charge on any atom is 0.416 e. The second-order valence-corrected chi connectivity index (χ2v) is 8.22. The number of carbonyl (C=O) groups is 1. The standard InChI is InChI=1S/C22H22F4O3/c1-12-9-14(23)7-8-18(12)28-19-11-15(13-5-6-13)17(22(24,25)26)10-16(19)20(27)29-21(2,3)4/h7-11,13H,5-6H2,1-4H3. The van der Waals surface area contributed by atoms with E-state index in [-0.39, 0.29) is 28.5 Å². The number of esters is 1. The molecule has 1 fully saturated rings. The number of hydrogen-bond donors (Lipinski definition) is 0. The molecular formula is C22H22F4O3. The predicted molar refractivity (Wildman–Crippen MR) is 99.8 cm³/mol. The van der Waals surface area contributed by atoms with Crippen molar-refractivity contribution in [2.75, 3.05) is 0 Å². The van der Waals surface area contributed by atoms with E-state index in [4.69, 9.17) is 9.47 Å². The van der Waals surface area contributed by atoms with Crippen molar-refractivity contribution in [2.45, 2.75) is 58.2 Å². The summed E-state index contributed by atoms with van der Waals surface area (Å²) in [5.41, 5.74) is -1.52. The summed E-state index contributed by atoms with van der Waals surface area (Å²) in [6.45, 7) is 6.48. The fraction of sp³-hybridized carbons (Fsp3) is 0.409. The number of alkyl halides is 3. The summed E-state index contributed by atoms with van der Waals surface area (Å²) < 4.78 is 65.4. The van der Waals surface area contributed by atoms with Crippen molar-refractivity contribution in [2.24, 2.45) is 0 Å². The molecule has 0 amide bonds. The zero-order valence-electron chi connectivity index (χ0n) is 16.6. The largest absolute Gasteiger partial charge is 0.456 e. The third-order valence-electron chi connectivity index (χ3n) is 4.45. The lowest BCUT2D eigenvalue weighted by molar-refractivity contribution is -0.138. The van der Waals surface area contributed by atoms with Crippen LogP contribution < -0.4 is 4.74 Å². The van der Waals surface area contributed by atoms with Crippen LogP contribution in [0.25, 0.3) is 0 Å². The highest BCUT2D eigenvalue weighted by Crippen LogP contribution is 2.48. The highest BCUT2D eigenvalue weighted by atomic mass is 19.4. The Kier molecular flexibility index (Phi) is 5.36. The van der Waals surface area contributed by atoms with Crippen LogP contribution in [0.4, 0.5) is 17.6 Å². The number of benzene rings is 2. The minimum atomic E-state index is -4.61. The molecule has 3 nitrogen and oxygen atoms in total. The minimum absolute atomic E-state index is 0.0381. The highest BCUT2D eigenvalue weighted by molar-refractivity contribution is 5.93. The molecule has 0 bridgehead atoms. The monoisotopic (exact) mass is 410 g/mol. The van der Waals surface area contributed by atoms with E-state index in [9.17, 15) is 22.4 Å². The predicted octanol–water partition coefficient (Wildman–Crippen LogP) is 6.78. The Morgan fingerprint density at radius 1 is 1.03 bits per heavy atom. The van der Waals surface area contributed by atoms with E-state index in [0.717, 1.165) is 6.07 Å². The first-order valence-corrected chi connectivity index (χ1v) is 9.27. The van der Waals surface area contributed by atoms with Crippen LogP contribution in [0.3, 0.4) is 0 Å². The lowest BCUT2D eigenvalue weighted by Crippen LogP contribution is -2.24. The van der Waals surface area contributed by atoms with Gasteiger partial charge in [0.15, 0.2) is 0 Å². The lowest BCUT2D eigenvalue weighted by atomic mass is 9.98. The maximum atomic E-state index is 13.7. The highest BCUT2D eigenvalue weighted by Gasteiger charge is 2.40. The molecule has 0 saturated heterocycles. The van der Waals surface area contributed by atoms with E-state index in [1.807, 2.05) is 0 Å². The van der Waals surface area contributed by atoms with Crippen LogP contribution >= 0.6 is 0 Å². The number of halogens is 4. The number of rotatable bonds is 4. The average molecular weight is 410 g/mol. The third kappa shape index (κ3) is 5.08. The number of aryl methyl sites for hydroxylation is 1. The molecule has 1 aliphatic carbocycles. The van der Waals surface area contributed by atoms with Crippen molar-refractivity contribution in [3.8, 4) is 11.5 Å². The molecule has 1 saturated carbocycles. The summed E-state index contributed by atoms with van der Waals surface area (Å²) in [4.78, 5) is 12.7. The van der Waals surface area contributed by atoms with Gasteiger partial charge in [-0.2, -0.15) is 13.2 Å². The van der Waals surface area contributed by atoms with E-state index in [0.29, 0.717) is 18.4 Å². The second-order valence-electron chi connectivity index (χ2n) is 8.22. The normalized spacial score (nSPS) is 14.6. The summed E-state index contributed by atoms with van der Waals surface area (Å²) in [5, 5.41) is 0. The molecule has 0 aliphatic heterocycles. The fourth-order valence-electron chi connectivity index (χ4n) is 3.00. The topological polar surface area (TPSA) is 35.5 Å². The molecule has 3 rings (SSSR count). The summed E-state index contributed by atoms with van der Waals surface area (Å²) in [6.07, 6.45) is -3.33. The fourth-order valence-corrected chi connectivity index (χ4v) is 3.00. The van der Waals surface area contributed by atoms with Gasteiger partial charge in [0.2, 0.25) is 0 Å². The first-order chi connectivity index (χ1) is 13.3. The maximum absolute atomic E-state index is 13.7. The molecular weight excluding hydrogens is 388 g/mol. The molecule has 0 unspecified atom stereocenters. The van der Waals surface area contributed by atoms with Crippen molar-refractivity contribution < 1.29 is 31.8 Å². The van der Waals surface area contributed by atoms with Gasteiger partial charge in [-0.1, -0.05) is 0 Å². The summed E-state index contributed by atoms with van der Waals surface area (Å²) in [5.74, 6) is -1.40. The lowest BCUT2D eigenvalue weighted by Gasteiger charge is -2.22. The molecule has 0 aromatic heterocycles. The first kappa shape index (κ1) is 21.1. The molecule has 2 aromatic rings. The molecule has 0 radical (unpaired) electrons. The molecule has 2 aromatic carbocycles. The van der Waals surface area contributed by atoms with Gasteiger partial charge >= 0.3 is 12.1 Å². The minimum Gasteiger partial charge on any atom is -0.456 e. The first-order valence-electron chi connectivity index (χ1n) is 9.27. The molecule has 7 heteroatoms. The Morgan fingerprint density at radius 2 is 1.69 bits per heavy atom. The van der Waals surface area contributed by atoms with E-state index in [1.165, 1.54) is 24.3 Å². The summed E-state index contributed by atoms with van der Waals surface area (Å²) >= 11 is 0. The van der Waals surface area contributed by atoms with Gasteiger partial charge in [0.05, 0.1) is 5.56 Å². The van der Waals surface area contributed by atoms with Gasteiger partial charge in [-0.15, -0.1) is 0 Å². The molecule has 0 atom stereocenters. The smallest absolute Gasteiger partial charge is 0.416 e. The van der Waals surface area contributed by atoms with Gasteiger partial charge in [0, 0.05) is 0 Å². The van der Waals surface area contributed by atoms with Gasteiger partial charge in [0.25, 0.3) is 0 Å². The number of ether oxygens (including phenoxy) is 2. The van der Waals surface area contributed by atoms with Crippen LogP contribution in [0.2, 0.25) is 0 Å². The van der Waals surface area contributed by atoms with Crippen LogP contribution in [0.5, 0.6) is 11.5 Å². The third-order valence-corrected chi connectivity index (χ3v) is 4.45. The van der Waals surface area contributed by atoms with Crippen molar-refractivity contribution >= 4 is 5.97 Å². The summed E-state index contributed by atoms with van der Waals surface area (Å²) in [6, 6.07) is 5.87. The number of carbonyl (C=O) groups excluding carboxylic acids is 1. The van der Waals surface area contributed by atoms with Gasteiger partial charge < -0.3 is 9.47 Å². The van der Waals surface area contributed by atoms with Gasteiger partial charge in [-0.3, -0.25) is 0 Å². The van der Waals surface area contributed by atoms with E-state index < -0.39 is 29.1 Å². The van der Waals surface area contributed by atoms with Crippen molar-refractivity contribution in [3.63, 3.8) is 0 Å². The Hall–Kier alpha value is -2.57. The van der Waals surface area contributed by atoms with E-state index in [1.54, 1.807) is 27.7 Å². The second kappa shape index (κ2) is 7.35. The molecule has 0 N–H and O–H groups in total. The Morgan fingerprint density at radius 3 is 2.21 bits per heavy atom. The van der Waals surface area contributed by atoms with E-state index >= 15 is 0 Å². The van der Waals surface area contributed by atoms with E-state index in [2.05, 4.69) is 0 Å². The van der Waals surface area contributed by atoms with Gasteiger partial charge in [0.1, 0.15) is 28.5 Å². The van der Waals surface area contributed by atoms with Crippen LogP contribution in [-0.4, -0.2) is 11.6 Å². The van der Waals surface area contributed by atoms with Crippen LogP contribution in [-0.2, 0) is 10.9 Å². The molecule has 1 aliphatic rings. The Labute approximate surface area is 166 Å². The van der Waals surface area contributed by atoms with Crippen molar-refractivity contribution in [3.05, 3.63) is 58.4 Å². The quantitative estimate of drug-likeness (QED) is 0.412. The average Bonchev–Trinajstić information content (AvgIpc) is 3.39. The zero-order chi connectivity index (χ0) is 21.6. The molecule has 156 valence electrons. The Balaban J connectivity index is 2.13. The van der Waals surface area contributed by atoms with Gasteiger partial charge in [-0.25, -0.2) is 9.18 Å². The van der Waals surface area contributed by atoms with Crippen molar-refractivity contribution in [1.29, 1.82) is 0 Å². The van der Waals surface area contributed by atoms with Crippen LogP contribution in [0.1, 0.15) is 66.6 Å². The van der Waals surface area contributed by atoms with Gasteiger partial charge in [-0.05, 0) is 87.9 Å². The number of hydrogen-bond acceptors (Lipinski definition) is 3. The Bertz CT molecular complexity index is 938. The molecule has 0 spiro atoms. The van der Waals surface area contributed by atoms with Crippen molar-refractivity contribution in [1.82, 2.24) is 0 Å².